The molecule has 0 atom stereocenters. The topological polar surface area (TPSA) is 86.9 Å². The second-order valence-electron chi connectivity index (χ2n) is 5.83. The minimum atomic E-state index is -0.269. The van der Waals surface area contributed by atoms with Crippen LogP contribution in [0.3, 0.4) is 0 Å². The van der Waals surface area contributed by atoms with E-state index in [1.807, 2.05) is 6.07 Å². The predicted molar refractivity (Wildman–Crippen MR) is 88.3 cm³/mol. The summed E-state index contributed by atoms with van der Waals surface area (Å²) in [7, 11) is 0. The summed E-state index contributed by atoms with van der Waals surface area (Å²) in [6, 6.07) is 8.90. The maximum atomic E-state index is 12.2. The number of nitrogens with one attached hydrogen (secondary N) is 3. The standard InChI is InChI=1S/C17H20N4O2/c1-2-4-14-10-15(21-20-14)17(23)19-13-6-3-5-12(9-13)18-16(22)11-7-8-11/h3,5-6,9-11H,2,4,7-8H2,1H3,(H,18,22)(H,19,23)(H,20,21). The maximum absolute atomic E-state index is 12.2. The lowest BCUT2D eigenvalue weighted by Gasteiger charge is -2.07. The Balaban J connectivity index is 1.64. The molecule has 0 bridgehead atoms. The second kappa shape index (κ2) is 6.64. The summed E-state index contributed by atoms with van der Waals surface area (Å²) in [4.78, 5) is 24.0. The molecule has 1 fully saturated rings. The third-order valence-electron chi connectivity index (χ3n) is 3.72. The van der Waals surface area contributed by atoms with E-state index in [0.29, 0.717) is 17.1 Å². The van der Waals surface area contributed by atoms with Crippen LogP contribution in [0.5, 0.6) is 0 Å². The van der Waals surface area contributed by atoms with Gasteiger partial charge in [-0.2, -0.15) is 5.10 Å². The average Bonchev–Trinajstić information content (AvgIpc) is 3.28. The number of anilines is 2. The van der Waals surface area contributed by atoms with E-state index in [2.05, 4.69) is 27.8 Å². The van der Waals surface area contributed by atoms with Gasteiger partial charge in [-0.3, -0.25) is 14.7 Å². The second-order valence-corrected chi connectivity index (χ2v) is 5.83. The molecule has 1 aliphatic carbocycles. The molecule has 0 saturated heterocycles. The first kappa shape index (κ1) is 15.3. The number of carbonyl (C=O) groups excluding carboxylic acids is 2. The molecule has 0 aliphatic heterocycles. The highest BCUT2D eigenvalue weighted by molar-refractivity contribution is 6.03. The van der Waals surface area contributed by atoms with Gasteiger partial charge in [-0.25, -0.2) is 0 Å². The molecule has 1 heterocycles. The van der Waals surface area contributed by atoms with Gasteiger partial charge in [0.15, 0.2) is 5.69 Å². The van der Waals surface area contributed by atoms with Crippen LogP contribution in [-0.4, -0.2) is 22.0 Å². The van der Waals surface area contributed by atoms with Crippen molar-refractivity contribution in [3.63, 3.8) is 0 Å². The number of benzene rings is 1. The number of aromatic nitrogens is 2. The van der Waals surface area contributed by atoms with E-state index in [1.165, 1.54) is 0 Å². The lowest BCUT2D eigenvalue weighted by molar-refractivity contribution is -0.117. The molecule has 2 aromatic rings. The fraction of sp³-hybridized carbons (Fsp3) is 0.353. The van der Waals surface area contributed by atoms with Crippen LogP contribution in [0.15, 0.2) is 30.3 Å². The average molecular weight is 312 g/mol. The first-order valence-electron chi connectivity index (χ1n) is 7.92. The number of hydrogen-bond donors (Lipinski definition) is 3. The SMILES string of the molecule is CCCc1cc(C(=O)Nc2cccc(NC(=O)C3CC3)c2)n[nH]1. The number of amides is 2. The van der Waals surface area contributed by atoms with Crippen LogP contribution in [0.25, 0.3) is 0 Å². The molecule has 0 unspecified atom stereocenters. The fourth-order valence-electron chi connectivity index (χ4n) is 2.34. The van der Waals surface area contributed by atoms with E-state index in [-0.39, 0.29) is 17.7 Å². The van der Waals surface area contributed by atoms with Gasteiger partial charge in [0, 0.05) is 23.0 Å². The van der Waals surface area contributed by atoms with Crippen molar-refractivity contribution in [2.24, 2.45) is 5.92 Å². The molecule has 3 N–H and O–H groups in total. The van der Waals surface area contributed by atoms with Crippen molar-refractivity contribution >= 4 is 23.2 Å². The molecule has 1 aromatic carbocycles. The van der Waals surface area contributed by atoms with Gasteiger partial charge in [-0.1, -0.05) is 19.4 Å². The van der Waals surface area contributed by atoms with Crippen LogP contribution in [-0.2, 0) is 11.2 Å². The summed E-state index contributed by atoms with van der Waals surface area (Å²) < 4.78 is 0. The lowest BCUT2D eigenvalue weighted by atomic mass is 10.2. The first-order chi connectivity index (χ1) is 11.2. The number of rotatable bonds is 6. The zero-order valence-corrected chi connectivity index (χ0v) is 13.1. The zero-order chi connectivity index (χ0) is 16.2. The van der Waals surface area contributed by atoms with Crippen molar-refractivity contribution in [2.45, 2.75) is 32.6 Å². The normalized spacial score (nSPS) is 13.6. The highest BCUT2D eigenvalue weighted by Gasteiger charge is 2.29. The number of hydrogen-bond acceptors (Lipinski definition) is 3. The van der Waals surface area contributed by atoms with Gasteiger partial charge in [0.2, 0.25) is 5.91 Å². The van der Waals surface area contributed by atoms with Crippen LogP contribution >= 0.6 is 0 Å². The first-order valence-corrected chi connectivity index (χ1v) is 7.92. The smallest absolute Gasteiger partial charge is 0.276 e. The molecular weight excluding hydrogens is 292 g/mol. The third-order valence-corrected chi connectivity index (χ3v) is 3.72. The molecule has 23 heavy (non-hydrogen) atoms. The molecule has 1 aromatic heterocycles. The number of aryl methyl sites for hydroxylation is 1. The Morgan fingerprint density at radius 2 is 1.96 bits per heavy atom. The fourth-order valence-corrected chi connectivity index (χ4v) is 2.34. The van der Waals surface area contributed by atoms with Crippen LogP contribution in [0.4, 0.5) is 11.4 Å². The molecule has 0 radical (unpaired) electrons. The molecule has 2 amide bonds. The maximum Gasteiger partial charge on any atom is 0.276 e. The number of H-pyrrole nitrogens is 1. The summed E-state index contributed by atoms with van der Waals surface area (Å²) >= 11 is 0. The van der Waals surface area contributed by atoms with Crippen molar-refractivity contribution in [3.8, 4) is 0 Å². The molecule has 6 heteroatoms. The summed E-state index contributed by atoms with van der Waals surface area (Å²) in [5, 5.41) is 12.6. The van der Waals surface area contributed by atoms with Crippen LogP contribution in [0.1, 0.15) is 42.4 Å². The molecular formula is C17H20N4O2. The molecule has 6 nitrogen and oxygen atoms in total. The monoisotopic (exact) mass is 312 g/mol. The van der Waals surface area contributed by atoms with Gasteiger partial charge in [0.05, 0.1) is 0 Å². The van der Waals surface area contributed by atoms with Crippen LogP contribution in [0, 0.1) is 5.92 Å². The van der Waals surface area contributed by atoms with Crippen molar-refractivity contribution in [2.75, 3.05) is 10.6 Å². The van der Waals surface area contributed by atoms with E-state index in [9.17, 15) is 9.59 Å². The summed E-state index contributed by atoms with van der Waals surface area (Å²) in [6.45, 7) is 2.07. The Kier molecular flexibility index (Phi) is 4.41. The number of carbonyl (C=O) groups is 2. The number of aromatic amines is 1. The van der Waals surface area contributed by atoms with Crippen molar-refractivity contribution < 1.29 is 9.59 Å². The van der Waals surface area contributed by atoms with E-state index < -0.39 is 0 Å². The van der Waals surface area contributed by atoms with Gasteiger partial charge in [-0.05, 0) is 43.5 Å². The van der Waals surface area contributed by atoms with Gasteiger partial charge in [0.25, 0.3) is 5.91 Å². The summed E-state index contributed by atoms with van der Waals surface area (Å²) in [5.74, 6) is -0.0754. The Labute approximate surface area is 134 Å². The van der Waals surface area contributed by atoms with E-state index in [1.54, 1.807) is 24.3 Å². The van der Waals surface area contributed by atoms with Crippen molar-refractivity contribution in [1.29, 1.82) is 0 Å². The predicted octanol–water partition coefficient (Wildman–Crippen LogP) is 2.96. The van der Waals surface area contributed by atoms with Crippen LogP contribution < -0.4 is 10.6 Å². The molecule has 3 rings (SSSR count). The van der Waals surface area contributed by atoms with E-state index >= 15 is 0 Å². The Bertz CT molecular complexity index is 719. The van der Waals surface area contributed by atoms with Crippen molar-refractivity contribution in [1.82, 2.24) is 10.2 Å². The number of nitrogens with zero attached hydrogens (tertiary/aromatic N) is 1. The molecule has 1 saturated carbocycles. The lowest BCUT2D eigenvalue weighted by Crippen LogP contribution is -2.15. The Morgan fingerprint density at radius 3 is 2.65 bits per heavy atom. The summed E-state index contributed by atoms with van der Waals surface area (Å²) in [6.07, 6.45) is 3.78. The van der Waals surface area contributed by atoms with E-state index in [0.717, 1.165) is 31.4 Å². The Hall–Kier alpha value is -2.63. The van der Waals surface area contributed by atoms with Crippen LogP contribution in [0.2, 0.25) is 0 Å². The molecule has 1 aliphatic rings. The minimum absolute atomic E-state index is 0.0463. The Morgan fingerprint density at radius 1 is 1.22 bits per heavy atom. The third kappa shape index (κ3) is 3.97. The molecule has 120 valence electrons. The highest BCUT2D eigenvalue weighted by Crippen LogP contribution is 2.30. The van der Waals surface area contributed by atoms with Gasteiger partial charge in [0.1, 0.15) is 0 Å². The summed E-state index contributed by atoms with van der Waals surface area (Å²) in [5.41, 5.74) is 2.63. The minimum Gasteiger partial charge on any atom is -0.326 e. The van der Waals surface area contributed by atoms with Gasteiger partial charge < -0.3 is 10.6 Å². The van der Waals surface area contributed by atoms with Crippen molar-refractivity contribution in [3.05, 3.63) is 41.7 Å². The quantitative estimate of drug-likeness (QED) is 0.766. The largest absolute Gasteiger partial charge is 0.326 e. The van der Waals surface area contributed by atoms with Gasteiger partial charge in [-0.15, -0.1) is 0 Å². The van der Waals surface area contributed by atoms with E-state index in [4.69, 9.17) is 0 Å². The molecule has 0 spiro atoms. The van der Waals surface area contributed by atoms with Gasteiger partial charge >= 0.3 is 0 Å². The highest BCUT2D eigenvalue weighted by atomic mass is 16.2. The zero-order valence-electron chi connectivity index (χ0n) is 13.1.